The Morgan fingerprint density at radius 1 is 1.21 bits per heavy atom. The molecule has 1 spiro atoms. The summed E-state index contributed by atoms with van der Waals surface area (Å²) in [4.78, 5) is 52.6. The average Bonchev–Trinajstić information content (AvgIpc) is 3.17. The molecule has 0 aliphatic carbocycles. The molecule has 4 rings (SSSR count). The number of nitrogens with one attached hydrogen (secondary N) is 1. The van der Waals surface area contributed by atoms with Gasteiger partial charge in [-0.25, -0.2) is 0 Å². The molecule has 8 heteroatoms. The fourth-order valence-corrected chi connectivity index (χ4v) is 5.15. The third-order valence-electron chi connectivity index (χ3n) is 6.17. The highest BCUT2D eigenvalue weighted by Crippen LogP contribution is 2.50. The van der Waals surface area contributed by atoms with E-state index in [0.717, 1.165) is 0 Å². The van der Waals surface area contributed by atoms with Crippen LogP contribution in [0.3, 0.4) is 0 Å². The molecule has 1 aromatic rings. The molecule has 4 atom stereocenters. The number of quaternary nitrogens is 1. The lowest BCUT2D eigenvalue weighted by atomic mass is 9.76. The molecular formula is C20H25N4O4+. The monoisotopic (exact) mass is 385 g/mol. The fourth-order valence-electron chi connectivity index (χ4n) is 5.15. The highest BCUT2D eigenvalue weighted by molar-refractivity contribution is 6.14. The van der Waals surface area contributed by atoms with E-state index in [-0.39, 0.29) is 30.2 Å². The van der Waals surface area contributed by atoms with Crippen LogP contribution >= 0.6 is 0 Å². The van der Waals surface area contributed by atoms with Gasteiger partial charge in [0.25, 0.3) is 5.91 Å². The average molecular weight is 385 g/mol. The van der Waals surface area contributed by atoms with Gasteiger partial charge in [0, 0.05) is 23.9 Å². The van der Waals surface area contributed by atoms with Crippen molar-refractivity contribution in [3.63, 3.8) is 0 Å². The molecule has 4 amide bonds. The topological polar surface area (TPSA) is 126 Å². The number of para-hydroxylation sites is 1. The van der Waals surface area contributed by atoms with Gasteiger partial charge in [-0.2, -0.15) is 0 Å². The Balaban J connectivity index is 1.86. The van der Waals surface area contributed by atoms with Crippen LogP contribution in [0.5, 0.6) is 0 Å². The van der Waals surface area contributed by atoms with E-state index in [1.165, 1.54) is 4.90 Å². The summed E-state index contributed by atoms with van der Waals surface area (Å²) in [5.74, 6) is -2.83. The largest absolute Gasteiger partial charge is 0.370 e. The highest BCUT2D eigenvalue weighted by Gasteiger charge is 2.74. The fraction of sp³-hybridized carbons (Fsp3) is 0.500. The lowest BCUT2D eigenvalue weighted by Crippen LogP contribution is -2.99. The number of rotatable bonds is 3. The number of nitrogens with two attached hydrogens (primary N) is 2. The van der Waals surface area contributed by atoms with E-state index in [4.69, 9.17) is 5.73 Å². The van der Waals surface area contributed by atoms with Crippen molar-refractivity contribution in [1.82, 2.24) is 4.90 Å². The number of anilines is 1. The molecule has 1 aromatic carbocycles. The summed E-state index contributed by atoms with van der Waals surface area (Å²) >= 11 is 0. The minimum absolute atomic E-state index is 0.0979. The molecule has 148 valence electrons. The number of fused-ring (bicyclic) bond motifs is 4. The maximum absolute atomic E-state index is 13.5. The molecule has 5 N–H and O–H groups in total. The van der Waals surface area contributed by atoms with Crippen molar-refractivity contribution in [2.24, 2.45) is 17.6 Å². The summed E-state index contributed by atoms with van der Waals surface area (Å²) in [6.07, 6.45) is 0.436. The second-order valence-electron chi connectivity index (χ2n) is 8.89. The van der Waals surface area contributed by atoms with Crippen molar-refractivity contribution < 1.29 is 24.5 Å². The molecular weight excluding hydrogens is 360 g/mol. The third kappa shape index (κ3) is 2.33. The molecule has 0 saturated carbocycles. The van der Waals surface area contributed by atoms with Crippen LogP contribution in [0.2, 0.25) is 0 Å². The van der Waals surface area contributed by atoms with Crippen LogP contribution in [0.15, 0.2) is 24.3 Å². The van der Waals surface area contributed by atoms with Crippen LogP contribution in [-0.2, 0) is 24.7 Å². The van der Waals surface area contributed by atoms with Crippen LogP contribution < -0.4 is 16.4 Å². The lowest BCUT2D eigenvalue weighted by molar-refractivity contribution is -0.734. The maximum atomic E-state index is 13.5. The van der Waals surface area contributed by atoms with Crippen molar-refractivity contribution in [2.45, 2.75) is 50.7 Å². The van der Waals surface area contributed by atoms with Gasteiger partial charge in [-0.05, 0) is 26.8 Å². The zero-order valence-electron chi connectivity index (χ0n) is 16.2. The van der Waals surface area contributed by atoms with Crippen molar-refractivity contribution in [3.8, 4) is 0 Å². The summed E-state index contributed by atoms with van der Waals surface area (Å²) in [6.45, 7) is 5.42. The number of amides is 4. The molecule has 0 radical (unpaired) electrons. The summed E-state index contributed by atoms with van der Waals surface area (Å²) in [6, 6.07) is 6.89. The molecule has 0 unspecified atom stereocenters. The van der Waals surface area contributed by atoms with Crippen molar-refractivity contribution >= 4 is 29.3 Å². The van der Waals surface area contributed by atoms with Gasteiger partial charge in [-0.15, -0.1) is 0 Å². The summed E-state index contributed by atoms with van der Waals surface area (Å²) in [5, 5.41) is 4.69. The van der Waals surface area contributed by atoms with E-state index in [9.17, 15) is 19.2 Å². The highest BCUT2D eigenvalue weighted by atomic mass is 16.2. The summed E-state index contributed by atoms with van der Waals surface area (Å²) < 4.78 is 0. The first-order valence-electron chi connectivity index (χ1n) is 9.52. The molecule has 3 aliphatic heterocycles. The van der Waals surface area contributed by atoms with Gasteiger partial charge in [-0.1, -0.05) is 18.2 Å². The van der Waals surface area contributed by atoms with Crippen LogP contribution in [0.25, 0.3) is 0 Å². The molecule has 0 aromatic heterocycles. The molecule has 3 heterocycles. The molecule has 3 aliphatic rings. The Hall–Kier alpha value is -2.74. The first-order chi connectivity index (χ1) is 13.1. The summed E-state index contributed by atoms with van der Waals surface area (Å²) in [5.41, 5.74) is 4.81. The number of likely N-dealkylation sites (tertiary alicyclic amines) is 1. The van der Waals surface area contributed by atoms with Crippen LogP contribution in [0.1, 0.15) is 39.2 Å². The smallest absolute Gasteiger partial charge is 0.291 e. The normalized spacial score (nSPS) is 31.3. The third-order valence-corrected chi connectivity index (χ3v) is 6.17. The number of primary amides is 1. The van der Waals surface area contributed by atoms with Gasteiger partial charge in [0.1, 0.15) is 17.9 Å². The van der Waals surface area contributed by atoms with Crippen molar-refractivity contribution in [3.05, 3.63) is 29.8 Å². The first-order valence-corrected chi connectivity index (χ1v) is 9.52. The van der Waals surface area contributed by atoms with Gasteiger partial charge < -0.3 is 16.4 Å². The zero-order valence-corrected chi connectivity index (χ0v) is 16.2. The molecule has 28 heavy (non-hydrogen) atoms. The number of carbonyl (C=O) groups excluding carboxylic acids is 4. The molecule has 0 bridgehead atoms. The molecule has 8 nitrogen and oxygen atoms in total. The Labute approximate surface area is 162 Å². The van der Waals surface area contributed by atoms with Crippen LogP contribution in [0, 0.1) is 11.8 Å². The molecule has 2 saturated heterocycles. The predicted molar refractivity (Wildman–Crippen MR) is 99.5 cm³/mol. The standard InChI is InChI=1S/C20H24N4O4/c1-19(2,3)24-16(26)14-12(8-9-13(21)25)23-20(15(14)17(24)27)10-6-4-5-7-11(10)22-18(20)28/h4-7,12,14-15,23H,8-9H2,1-3H3,(H2,21,25)(H,22,28)/p+1/t12-,14+,15-,20+/m0/s1. The second kappa shape index (κ2) is 5.88. The maximum Gasteiger partial charge on any atom is 0.291 e. The number of imide groups is 1. The zero-order chi connectivity index (χ0) is 20.4. The minimum atomic E-state index is -1.20. The number of carbonyl (C=O) groups is 4. The number of benzene rings is 1. The van der Waals surface area contributed by atoms with E-state index < -0.39 is 28.8 Å². The number of hydrogen-bond donors (Lipinski definition) is 3. The minimum Gasteiger partial charge on any atom is -0.370 e. The Kier molecular flexibility index (Phi) is 3.91. The van der Waals surface area contributed by atoms with E-state index in [2.05, 4.69) is 5.32 Å². The Bertz CT molecular complexity index is 906. The van der Waals surface area contributed by atoms with Gasteiger partial charge in [0.15, 0.2) is 0 Å². The SMILES string of the molecule is CC(C)(C)N1C(=O)[C@@H]2[C@H](CCC(N)=O)[NH2+][C@@]3(C(=O)Nc4ccccc43)[C@@H]2C1=O. The van der Waals surface area contributed by atoms with E-state index in [0.29, 0.717) is 17.7 Å². The second-order valence-corrected chi connectivity index (χ2v) is 8.89. The quantitative estimate of drug-likeness (QED) is 0.603. The Morgan fingerprint density at radius 3 is 2.54 bits per heavy atom. The van der Waals surface area contributed by atoms with E-state index in [1.54, 1.807) is 26.8 Å². The van der Waals surface area contributed by atoms with Crippen molar-refractivity contribution in [1.29, 1.82) is 0 Å². The van der Waals surface area contributed by atoms with Gasteiger partial charge in [0.2, 0.25) is 23.3 Å². The van der Waals surface area contributed by atoms with E-state index in [1.807, 2.05) is 23.5 Å². The number of nitrogens with zero attached hydrogens (tertiary/aromatic N) is 1. The molecule has 2 fully saturated rings. The van der Waals surface area contributed by atoms with Gasteiger partial charge in [0.05, 0.1) is 5.69 Å². The summed E-state index contributed by atoms with van der Waals surface area (Å²) in [7, 11) is 0. The van der Waals surface area contributed by atoms with E-state index >= 15 is 0 Å². The van der Waals surface area contributed by atoms with Crippen LogP contribution in [-0.4, -0.2) is 40.1 Å². The van der Waals surface area contributed by atoms with Crippen LogP contribution in [0.4, 0.5) is 5.69 Å². The van der Waals surface area contributed by atoms with Gasteiger partial charge in [-0.3, -0.25) is 24.1 Å². The number of hydrogen-bond acceptors (Lipinski definition) is 4. The first kappa shape index (κ1) is 18.6. The Morgan fingerprint density at radius 2 is 1.89 bits per heavy atom. The van der Waals surface area contributed by atoms with Gasteiger partial charge >= 0.3 is 0 Å². The predicted octanol–water partition coefficient (Wildman–Crippen LogP) is -0.555. The van der Waals surface area contributed by atoms with Crippen molar-refractivity contribution in [2.75, 3.05) is 5.32 Å². The lowest BCUT2D eigenvalue weighted by Gasteiger charge is -2.33.